The zero-order chi connectivity index (χ0) is 9.19. The van der Waals surface area contributed by atoms with E-state index in [1.54, 1.807) is 18.4 Å². The maximum atomic E-state index is 10.7. The van der Waals surface area contributed by atoms with Gasteiger partial charge in [-0.3, -0.25) is 4.79 Å². The highest BCUT2D eigenvalue weighted by atomic mass is 16.4. The zero-order valence-electron chi connectivity index (χ0n) is 7.06. The molecule has 1 rings (SSSR count). The van der Waals surface area contributed by atoms with Crippen molar-refractivity contribution in [3.05, 3.63) is 12.7 Å². The molecule has 0 atom stereocenters. The molecule has 0 bridgehead atoms. The average Bonchev–Trinajstić information content (AvgIpc) is 2.38. The third-order valence-corrected chi connectivity index (χ3v) is 1.62. The average molecular weight is 169 g/mol. The van der Waals surface area contributed by atoms with E-state index >= 15 is 0 Å². The smallest absolute Gasteiger partial charge is 0.310 e. The summed E-state index contributed by atoms with van der Waals surface area (Å²) in [5.74, 6) is -0.823. The van der Waals surface area contributed by atoms with Crippen LogP contribution in [0.4, 0.5) is 0 Å². The predicted molar refractivity (Wildman–Crippen MR) is 41.4 cm³/mol. The molecule has 66 valence electrons. The molecule has 0 saturated heterocycles. The second kappa shape index (κ2) is 2.92. The molecule has 1 aromatic rings. The molecule has 0 unspecified atom stereocenters. The monoisotopic (exact) mass is 169 g/mol. The van der Waals surface area contributed by atoms with Gasteiger partial charge in [0.25, 0.3) is 0 Å². The topological polar surface area (TPSA) is 68.0 Å². The van der Waals surface area contributed by atoms with E-state index < -0.39 is 11.4 Å². The molecule has 0 spiro atoms. The number of nitrogens with zero attached hydrogens (tertiary/aromatic N) is 3. The number of hydrogen-bond donors (Lipinski definition) is 1. The molecule has 0 aromatic carbocycles. The SMILES string of the molecule is CC(C)(Cn1cnnc1)C(=O)O. The Kier molecular flexibility index (Phi) is 2.12. The number of aromatic nitrogens is 3. The van der Waals surface area contributed by atoms with Crippen LogP contribution in [-0.4, -0.2) is 25.8 Å². The summed E-state index contributed by atoms with van der Waals surface area (Å²) >= 11 is 0. The molecule has 0 aliphatic rings. The second-order valence-electron chi connectivity index (χ2n) is 3.32. The molecule has 0 aliphatic heterocycles. The second-order valence-corrected chi connectivity index (χ2v) is 3.32. The Morgan fingerprint density at radius 2 is 2.00 bits per heavy atom. The van der Waals surface area contributed by atoms with Gasteiger partial charge >= 0.3 is 5.97 Å². The van der Waals surface area contributed by atoms with Crippen LogP contribution >= 0.6 is 0 Å². The van der Waals surface area contributed by atoms with Gasteiger partial charge in [0.05, 0.1) is 5.41 Å². The molecule has 0 amide bonds. The molecule has 0 aliphatic carbocycles. The summed E-state index contributed by atoms with van der Waals surface area (Å²) in [6, 6.07) is 0. The molecular weight excluding hydrogens is 158 g/mol. The highest BCUT2D eigenvalue weighted by molar-refractivity contribution is 5.73. The van der Waals surface area contributed by atoms with Crippen LogP contribution in [0.1, 0.15) is 13.8 Å². The molecule has 0 radical (unpaired) electrons. The van der Waals surface area contributed by atoms with Gasteiger partial charge in [-0.1, -0.05) is 0 Å². The molecule has 1 heterocycles. The van der Waals surface area contributed by atoms with Crippen LogP contribution in [0.25, 0.3) is 0 Å². The lowest BCUT2D eigenvalue weighted by atomic mass is 9.94. The Hall–Kier alpha value is -1.39. The standard InChI is InChI=1S/C7H11N3O2/c1-7(2,6(11)12)3-10-4-8-9-5-10/h4-5H,3H2,1-2H3,(H,11,12). The molecule has 1 N–H and O–H groups in total. The predicted octanol–water partition coefficient (Wildman–Crippen LogP) is 0.389. The molecule has 5 nitrogen and oxygen atoms in total. The lowest BCUT2D eigenvalue weighted by molar-refractivity contribution is -0.147. The number of carbonyl (C=O) groups is 1. The molecular formula is C7H11N3O2. The number of hydrogen-bond acceptors (Lipinski definition) is 3. The Morgan fingerprint density at radius 3 is 2.42 bits per heavy atom. The van der Waals surface area contributed by atoms with Gasteiger partial charge in [0.1, 0.15) is 12.7 Å². The first-order chi connectivity index (χ1) is 5.52. The summed E-state index contributed by atoms with van der Waals surface area (Å²) in [5.41, 5.74) is -0.775. The highest BCUT2D eigenvalue weighted by Crippen LogP contribution is 2.17. The minimum atomic E-state index is -0.823. The van der Waals surface area contributed by atoms with Gasteiger partial charge in [-0.2, -0.15) is 0 Å². The quantitative estimate of drug-likeness (QED) is 0.710. The van der Waals surface area contributed by atoms with Crippen LogP contribution in [0.3, 0.4) is 0 Å². The summed E-state index contributed by atoms with van der Waals surface area (Å²) < 4.78 is 1.65. The molecule has 0 saturated carbocycles. The van der Waals surface area contributed by atoms with E-state index in [-0.39, 0.29) is 0 Å². The molecule has 5 heteroatoms. The number of carboxylic acids is 1. The third kappa shape index (κ3) is 1.81. The Labute approximate surface area is 70.0 Å². The Bertz CT molecular complexity index is 266. The van der Waals surface area contributed by atoms with Gasteiger partial charge < -0.3 is 9.67 Å². The Balaban J connectivity index is 2.69. The summed E-state index contributed by atoms with van der Waals surface area (Å²) in [5, 5.41) is 16.0. The van der Waals surface area contributed by atoms with Crippen molar-refractivity contribution >= 4 is 5.97 Å². The maximum absolute atomic E-state index is 10.7. The first kappa shape index (κ1) is 8.70. The molecule has 12 heavy (non-hydrogen) atoms. The van der Waals surface area contributed by atoms with Crippen molar-refractivity contribution in [2.75, 3.05) is 0 Å². The van der Waals surface area contributed by atoms with E-state index in [9.17, 15) is 4.79 Å². The summed E-state index contributed by atoms with van der Waals surface area (Å²) in [4.78, 5) is 10.7. The Morgan fingerprint density at radius 1 is 1.50 bits per heavy atom. The van der Waals surface area contributed by atoms with Crippen LogP contribution in [0, 0.1) is 5.41 Å². The zero-order valence-corrected chi connectivity index (χ0v) is 7.06. The van der Waals surface area contributed by atoms with Crippen LogP contribution in [-0.2, 0) is 11.3 Å². The third-order valence-electron chi connectivity index (χ3n) is 1.62. The molecule has 1 aromatic heterocycles. The number of rotatable bonds is 3. The minimum Gasteiger partial charge on any atom is -0.481 e. The fourth-order valence-corrected chi connectivity index (χ4v) is 0.828. The van der Waals surface area contributed by atoms with E-state index in [0.29, 0.717) is 6.54 Å². The van der Waals surface area contributed by atoms with Crippen molar-refractivity contribution in [2.45, 2.75) is 20.4 Å². The van der Waals surface area contributed by atoms with Crippen molar-refractivity contribution in [1.82, 2.24) is 14.8 Å². The van der Waals surface area contributed by atoms with E-state index in [1.165, 1.54) is 12.7 Å². The van der Waals surface area contributed by atoms with Gasteiger partial charge in [0, 0.05) is 6.54 Å². The van der Waals surface area contributed by atoms with Gasteiger partial charge in [0.2, 0.25) is 0 Å². The first-order valence-electron chi connectivity index (χ1n) is 3.58. The van der Waals surface area contributed by atoms with Crippen molar-refractivity contribution < 1.29 is 9.90 Å². The summed E-state index contributed by atoms with van der Waals surface area (Å²) in [6.45, 7) is 3.71. The van der Waals surface area contributed by atoms with Crippen LogP contribution in [0.2, 0.25) is 0 Å². The van der Waals surface area contributed by atoms with Crippen LogP contribution in [0.5, 0.6) is 0 Å². The van der Waals surface area contributed by atoms with Gasteiger partial charge in [-0.05, 0) is 13.8 Å². The van der Waals surface area contributed by atoms with Crippen molar-refractivity contribution in [3.63, 3.8) is 0 Å². The number of carboxylic acid groups (broad SMARTS) is 1. The van der Waals surface area contributed by atoms with Crippen molar-refractivity contribution in [2.24, 2.45) is 5.41 Å². The van der Waals surface area contributed by atoms with E-state index in [4.69, 9.17) is 5.11 Å². The largest absolute Gasteiger partial charge is 0.481 e. The van der Waals surface area contributed by atoms with Gasteiger partial charge in [-0.25, -0.2) is 0 Å². The lowest BCUT2D eigenvalue weighted by Gasteiger charge is -2.18. The number of aliphatic carboxylic acids is 1. The summed E-state index contributed by atoms with van der Waals surface area (Å²) in [7, 11) is 0. The van der Waals surface area contributed by atoms with Crippen LogP contribution < -0.4 is 0 Å². The lowest BCUT2D eigenvalue weighted by Crippen LogP contribution is -2.28. The fraction of sp³-hybridized carbons (Fsp3) is 0.571. The first-order valence-corrected chi connectivity index (χ1v) is 3.58. The van der Waals surface area contributed by atoms with Crippen molar-refractivity contribution in [1.29, 1.82) is 0 Å². The van der Waals surface area contributed by atoms with Gasteiger partial charge in [0.15, 0.2) is 0 Å². The normalized spacial score (nSPS) is 11.5. The summed E-state index contributed by atoms with van der Waals surface area (Å²) in [6.07, 6.45) is 3.01. The highest BCUT2D eigenvalue weighted by Gasteiger charge is 2.27. The molecule has 0 fully saturated rings. The van der Waals surface area contributed by atoms with E-state index in [1.807, 2.05) is 0 Å². The fourth-order valence-electron chi connectivity index (χ4n) is 0.828. The van der Waals surface area contributed by atoms with Crippen LogP contribution in [0.15, 0.2) is 12.7 Å². The van der Waals surface area contributed by atoms with E-state index in [0.717, 1.165) is 0 Å². The van der Waals surface area contributed by atoms with Gasteiger partial charge in [-0.15, -0.1) is 10.2 Å². The van der Waals surface area contributed by atoms with E-state index in [2.05, 4.69) is 10.2 Å². The minimum absolute atomic E-state index is 0.384. The van der Waals surface area contributed by atoms with Crippen molar-refractivity contribution in [3.8, 4) is 0 Å². The maximum Gasteiger partial charge on any atom is 0.310 e.